The van der Waals surface area contributed by atoms with Crippen molar-refractivity contribution in [1.29, 1.82) is 0 Å². The van der Waals surface area contributed by atoms with Crippen LogP contribution in [-0.4, -0.2) is 19.5 Å². The van der Waals surface area contributed by atoms with Crippen molar-refractivity contribution in [2.75, 3.05) is 13.7 Å². The lowest BCUT2D eigenvalue weighted by atomic mass is 10.1. The van der Waals surface area contributed by atoms with Gasteiger partial charge >= 0.3 is 0 Å². The van der Waals surface area contributed by atoms with E-state index in [0.717, 1.165) is 12.1 Å². The second kappa shape index (κ2) is 4.09. The average Bonchev–Trinajstić information content (AvgIpc) is 2.04. The third-order valence-corrected chi connectivity index (χ3v) is 1.52. The van der Waals surface area contributed by atoms with Crippen LogP contribution in [0.1, 0.15) is 10.4 Å². The van der Waals surface area contributed by atoms with Crippen LogP contribution in [0.3, 0.4) is 0 Å². The Morgan fingerprint density at radius 2 is 1.92 bits per heavy atom. The van der Waals surface area contributed by atoms with Gasteiger partial charge in [-0.05, 0) is 12.1 Å². The number of halogens is 2. The minimum absolute atomic E-state index is 0.322. The summed E-state index contributed by atoms with van der Waals surface area (Å²) in [5.41, 5.74) is -0.538. The maximum absolute atomic E-state index is 12.9. The van der Waals surface area contributed by atoms with Gasteiger partial charge in [0.05, 0.1) is 5.56 Å². The third-order valence-electron chi connectivity index (χ3n) is 1.52. The standard InChI is InChI=1S/C9H8F2O2/c1-13-5-8(12)9-6(10)3-2-4-7(9)11/h2-4H,5H2,1H3. The molecule has 1 aromatic rings. The number of Topliss-reactive ketones (excluding diaryl/α,β-unsaturated/α-hetero) is 1. The Morgan fingerprint density at radius 1 is 1.38 bits per heavy atom. The van der Waals surface area contributed by atoms with Gasteiger partial charge in [-0.3, -0.25) is 4.79 Å². The van der Waals surface area contributed by atoms with Crippen LogP contribution >= 0.6 is 0 Å². The van der Waals surface area contributed by atoms with E-state index in [1.807, 2.05) is 0 Å². The second-order valence-electron chi connectivity index (χ2n) is 2.45. The van der Waals surface area contributed by atoms with Gasteiger partial charge in [-0.2, -0.15) is 0 Å². The topological polar surface area (TPSA) is 26.3 Å². The molecule has 0 atom stereocenters. The lowest BCUT2D eigenvalue weighted by Crippen LogP contribution is -2.11. The lowest BCUT2D eigenvalue weighted by molar-refractivity contribution is 0.0839. The molecule has 0 aliphatic rings. The third kappa shape index (κ3) is 2.09. The number of carbonyl (C=O) groups excluding carboxylic acids is 1. The van der Waals surface area contributed by atoms with Crippen LogP contribution < -0.4 is 0 Å². The second-order valence-corrected chi connectivity index (χ2v) is 2.45. The van der Waals surface area contributed by atoms with Gasteiger partial charge in [-0.1, -0.05) is 6.07 Å². The maximum atomic E-state index is 12.9. The largest absolute Gasteiger partial charge is 0.377 e. The Hall–Kier alpha value is -1.29. The van der Waals surface area contributed by atoms with Crippen LogP contribution in [0.2, 0.25) is 0 Å². The molecule has 0 bridgehead atoms. The summed E-state index contributed by atoms with van der Waals surface area (Å²) in [7, 11) is 1.29. The minimum Gasteiger partial charge on any atom is -0.377 e. The minimum atomic E-state index is -0.859. The van der Waals surface area contributed by atoms with Crippen molar-refractivity contribution in [3.8, 4) is 0 Å². The number of methoxy groups -OCH3 is 1. The fourth-order valence-electron chi connectivity index (χ4n) is 0.967. The summed E-state index contributed by atoms with van der Waals surface area (Å²) in [6.07, 6.45) is 0. The van der Waals surface area contributed by atoms with E-state index in [0.29, 0.717) is 0 Å². The van der Waals surface area contributed by atoms with Gasteiger partial charge in [0, 0.05) is 7.11 Å². The Morgan fingerprint density at radius 3 is 2.38 bits per heavy atom. The summed E-state index contributed by atoms with van der Waals surface area (Å²) >= 11 is 0. The van der Waals surface area contributed by atoms with E-state index in [4.69, 9.17) is 0 Å². The van der Waals surface area contributed by atoms with Crippen molar-refractivity contribution in [3.05, 3.63) is 35.4 Å². The molecule has 0 spiro atoms. The Balaban J connectivity index is 3.05. The summed E-state index contributed by atoms with van der Waals surface area (Å²) in [4.78, 5) is 11.1. The predicted octanol–water partition coefficient (Wildman–Crippen LogP) is 1.79. The lowest BCUT2D eigenvalue weighted by Gasteiger charge is -2.02. The zero-order chi connectivity index (χ0) is 9.84. The molecule has 0 radical (unpaired) electrons. The molecule has 0 saturated carbocycles. The van der Waals surface area contributed by atoms with E-state index in [1.165, 1.54) is 13.2 Å². The smallest absolute Gasteiger partial charge is 0.194 e. The Kier molecular flexibility index (Phi) is 3.08. The molecule has 13 heavy (non-hydrogen) atoms. The molecule has 0 amide bonds. The van der Waals surface area contributed by atoms with E-state index >= 15 is 0 Å². The molecule has 1 aromatic carbocycles. The molecule has 0 unspecified atom stereocenters. The van der Waals surface area contributed by atoms with Crippen LogP contribution in [0.5, 0.6) is 0 Å². The van der Waals surface area contributed by atoms with E-state index in [-0.39, 0.29) is 6.61 Å². The fourth-order valence-corrected chi connectivity index (χ4v) is 0.967. The molecule has 4 heteroatoms. The van der Waals surface area contributed by atoms with E-state index in [1.54, 1.807) is 0 Å². The number of ketones is 1. The number of hydrogen-bond acceptors (Lipinski definition) is 2. The molecular formula is C9H8F2O2. The van der Waals surface area contributed by atoms with E-state index < -0.39 is 23.0 Å². The summed E-state index contributed by atoms with van der Waals surface area (Å²) in [6.45, 7) is -0.322. The number of rotatable bonds is 3. The van der Waals surface area contributed by atoms with Gasteiger partial charge in [-0.15, -0.1) is 0 Å². The van der Waals surface area contributed by atoms with Gasteiger partial charge < -0.3 is 4.74 Å². The average molecular weight is 186 g/mol. The number of benzene rings is 1. The highest BCUT2D eigenvalue weighted by Crippen LogP contribution is 2.12. The van der Waals surface area contributed by atoms with Crippen LogP contribution in [0.25, 0.3) is 0 Å². The molecule has 0 heterocycles. The van der Waals surface area contributed by atoms with Gasteiger partial charge in [0.1, 0.15) is 18.2 Å². The summed E-state index contributed by atoms with van der Waals surface area (Å²) in [5, 5.41) is 0. The highest BCUT2D eigenvalue weighted by Gasteiger charge is 2.15. The fraction of sp³-hybridized carbons (Fsp3) is 0.222. The van der Waals surface area contributed by atoms with Crippen LogP contribution in [-0.2, 0) is 4.74 Å². The zero-order valence-electron chi connectivity index (χ0n) is 7.01. The normalized spacial score (nSPS) is 10.1. The first kappa shape index (κ1) is 9.80. The number of ether oxygens (including phenoxy) is 1. The van der Waals surface area contributed by atoms with Crippen molar-refractivity contribution in [2.45, 2.75) is 0 Å². The first-order chi connectivity index (χ1) is 6.16. The summed E-state index contributed by atoms with van der Waals surface area (Å²) < 4.78 is 30.3. The van der Waals surface area contributed by atoms with Crippen molar-refractivity contribution in [1.82, 2.24) is 0 Å². The molecule has 0 aromatic heterocycles. The van der Waals surface area contributed by atoms with Crippen LogP contribution in [0.4, 0.5) is 8.78 Å². The van der Waals surface area contributed by atoms with Crippen LogP contribution in [0, 0.1) is 11.6 Å². The van der Waals surface area contributed by atoms with Gasteiger partial charge in [-0.25, -0.2) is 8.78 Å². The first-order valence-corrected chi connectivity index (χ1v) is 3.63. The predicted molar refractivity (Wildman–Crippen MR) is 42.6 cm³/mol. The first-order valence-electron chi connectivity index (χ1n) is 3.63. The highest BCUT2D eigenvalue weighted by atomic mass is 19.1. The monoisotopic (exact) mass is 186 g/mol. The number of hydrogen-bond donors (Lipinski definition) is 0. The summed E-state index contributed by atoms with van der Waals surface area (Å²) in [6, 6.07) is 3.27. The van der Waals surface area contributed by atoms with E-state index in [9.17, 15) is 13.6 Å². The molecule has 0 aliphatic carbocycles. The molecule has 1 rings (SSSR count). The van der Waals surface area contributed by atoms with E-state index in [2.05, 4.69) is 4.74 Å². The molecule has 70 valence electrons. The van der Waals surface area contributed by atoms with Gasteiger partial charge in [0.25, 0.3) is 0 Å². The molecular weight excluding hydrogens is 178 g/mol. The highest BCUT2D eigenvalue weighted by molar-refractivity contribution is 5.97. The van der Waals surface area contributed by atoms with Crippen molar-refractivity contribution in [3.63, 3.8) is 0 Å². The van der Waals surface area contributed by atoms with Crippen molar-refractivity contribution >= 4 is 5.78 Å². The van der Waals surface area contributed by atoms with Crippen molar-refractivity contribution in [2.24, 2.45) is 0 Å². The zero-order valence-corrected chi connectivity index (χ0v) is 7.01. The van der Waals surface area contributed by atoms with Gasteiger partial charge in [0.2, 0.25) is 0 Å². The van der Waals surface area contributed by atoms with Crippen molar-refractivity contribution < 1.29 is 18.3 Å². The van der Waals surface area contributed by atoms with Gasteiger partial charge in [0.15, 0.2) is 5.78 Å². The molecule has 0 saturated heterocycles. The SMILES string of the molecule is COCC(=O)c1c(F)cccc1F. The molecule has 0 N–H and O–H groups in total. The number of carbonyl (C=O) groups is 1. The quantitative estimate of drug-likeness (QED) is 0.673. The molecule has 0 aliphatic heterocycles. The maximum Gasteiger partial charge on any atom is 0.194 e. The molecule has 2 nitrogen and oxygen atoms in total. The Labute approximate surface area is 74.1 Å². The van der Waals surface area contributed by atoms with Crippen LogP contribution in [0.15, 0.2) is 18.2 Å². The molecule has 0 fully saturated rings. The Bertz CT molecular complexity index is 303. The summed E-state index contributed by atoms with van der Waals surface area (Å²) in [5.74, 6) is -2.41.